The molecule has 4 aromatic rings. The summed E-state index contributed by atoms with van der Waals surface area (Å²) in [6.07, 6.45) is -1.58. The van der Waals surface area contributed by atoms with Gasteiger partial charge < -0.3 is 30.8 Å². The topological polar surface area (TPSA) is 149 Å². The number of cyclic esters (lactones) is 1. The van der Waals surface area contributed by atoms with E-state index in [1.54, 1.807) is 31.2 Å². The number of halogens is 1. The Kier molecular flexibility index (Phi) is 5.80. The molecule has 6 rings (SSSR count). The molecular formula is C28H24FN5O5. The molecule has 5 N–H and O–H groups in total. The van der Waals surface area contributed by atoms with Crippen LogP contribution in [0.4, 0.5) is 14.9 Å². The lowest BCUT2D eigenvalue weighted by atomic mass is 9.97. The number of benzene rings is 2. The lowest BCUT2D eigenvalue weighted by Gasteiger charge is -2.21. The lowest BCUT2D eigenvalue weighted by molar-refractivity contribution is -0.157. The fourth-order valence-corrected chi connectivity index (χ4v) is 5.09. The van der Waals surface area contributed by atoms with E-state index in [0.717, 1.165) is 5.56 Å². The van der Waals surface area contributed by atoms with Crippen LogP contribution in [0.3, 0.4) is 0 Å². The van der Waals surface area contributed by atoms with Crippen LogP contribution in [0.5, 0.6) is 0 Å². The van der Waals surface area contributed by atoms with Gasteiger partial charge >= 0.3 is 12.0 Å². The number of carbonyl (C=O) groups excluding carboxylic acids is 2. The van der Waals surface area contributed by atoms with Crippen molar-refractivity contribution in [3.8, 4) is 11.4 Å². The van der Waals surface area contributed by atoms with E-state index in [9.17, 15) is 23.9 Å². The number of nitrogens with zero attached hydrogens (tertiary/aromatic N) is 2. The Hall–Kier alpha value is -4.77. The Bertz CT molecular complexity index is 1750. The Morgan fingerprint density at radius 1 is 1.15 bits per heavy atom. The van der Waals surface area contributed by atoms with Crippen LogP contribution >= 0.6 is 0 Å². The summed E-state index contributed by atoms with van der Waals surface area (Å²) >= 11 is 0. The van der Waals surface area contributed by atoms with Crippen molar-refractivity contribution < 1.29 is 23.8 Å². The monoisotopic (exact) mass is 529 g/mol. The fraction of sp³-hybridized carbons (Fsp3) is 0.214. The van der Waals surface area contributed by atoms with E-state index < -0.39 is 29.5 Å². The van der Waals surface area contributed by atoms with Crippen molar-refractivity contribution >= 4 is 28.6 Å². The van der Waals surface area contributed by atoms with Gasteiger partial charge in [-0.3, -0.25) is 4.79 Å². The van der Waals surface area contributed by atoms with Crippen molar-refractivity contribution in [3.63, 3.8) is 0 Å². The van der Waals surface area contributed by atoms with Gasteiger partial charge in [0.05, 0.1) is 29.0 Å². The standard InChI is InChI=1S/C28H24FN5O5/c1-13-6-16-18(10-32-28(38)31-9-14-2-4-15(30)5-3-14)19-11-34-23(24(19)33-22(16)8-21(13)29)7-17-20(26(34)36)12-39-27(37)25(17)35/h2-8,25,35H,9-12,30H2,1H3,(H2,31,32,38). The second-order valence-electron chi connectivity index (χ2n) is 9.68. The van der Waals surface area contributed by atoms with Crippen molar-refractivity contribution in [2.45, 2.75) is 39.3 Å². The van der Waals surface area contributed by atoms with E-state index in [0.29, 0.717) is 51.2 Å². The first kappa shape index (κ1) is 24.6. The Labute approximate surface area is 221 Å². The summed E-state index contributed by atoms with van der Waals surface area (Å²) in [6, 6.07) is 11.3. The average molecular weight is 530 g/mol. The molecule has 39 heavy (non-hydrogen) atoms. The molecule has 2 amide bonds. The van der Waals surface area contributed by atoms with Crippen LogP contribution in [0.15, 0.2) is 47.3 Å². The SMILES string of the molecule is Cc1cc2c(CNC(=O)NCc3ccc(N)cc3)c3c(nc2cc1F)-c1cc2c(c(=O)n1C3)COC(=O)C2O. The molecule has 10 nitrogen and oxygen atoms in total. The van der Waals surface area contributed by atoms with Crippen molar-refractivity contribution in [3.05, 3.63) is 92.0 Å². The predicted molar refractivity (Wildman–Crippen MR) is 140 cm³/mol. The van der Waals surface area contributed by atoms with Gasteiger partial charge in [-0.2, -0.15) is 0 Å². The van der Waals surface area contributed by atoms with Gasteiger partial charge in [-0.25, -0.2) is 19.0 Å². The largest absolute Gasteiger partial charge is 0.458 e. The number of anilines is 1. The molecule has 0 radical (unpaired) electrons. The molecule has 2 aromatic carbocycles. The number of ether oxygens (including phenoxy) is 1. The smallest absolute Gasteiger partial charge is 0.340 e. The minimum Gasteiger partial charge on any atom is -0.458 e. The number of hydrogen-bond donors (Lipinski definition) is 4. The summed E-state index contributed by atoms with van der Waals surface area (Å²) in [5, 5.41) is 16.7. The number of pyridine rings is 2. The Morgan fingerprint density at radius 2 is 1.90 bits per heavy atom. The number of fused-ring (bicyclic) bond motifs is 5. The summed E-state index contributed by atoms with van der Waals surface area (Å²) in [5.74, 6) is -1.27. The molecule has 0 saturated carbocycles. The first-order valence-electron chi connectivity index (χ1n) is 12.3. The number of hydrogen-bond acceptors (Lipinski definition) is 7. The van der Waals surface area contributed by atoms with Gasteiger partial charge in [0.1, 0.15) is 12.4 Å². The van der Waals surface area contributed by atoms with Crippen LogP contribution in [0.25, 0.3) is 22.3 Å². The van der Waals surface area contributed by atoms with E-state index in [1.807, 2.05) is 12.1 Å². The molecule has 2 aliphatic heterocycles. The molecule has 4 heterocycles. The van der Waals surface area contributed by atoms with E-state index in [2.05, 4.69) is 15.6 Å². The third-order valence-electron chi connectivity index (χ3n) is 7.21. The number of aliphatic hydroxyl groups is 1. The molecule has 1 unspecified atom stereocenters. The maximum absolute atomic E-state index is 14.5. The zero-order valence-electron chi connectivity index (χ0n) is 20.9. The van der Waals surface area contributed by atoms with Crippen LogP contribution in [0.1, 0.15) is 39.5 Å². The molecular weight excluding hydrogens is 505 g/mol. The zero-order valence-corrected chi connectivity index (χ0v) is 20.9. The number of urea groups is 1. The van der Waals surface area contributed by atoms with E-state index >= 15 is 0 Å². The molecule has 0 spiro atoms. The van der Waals surface area contributed by atoms with E-state index in [4.69, 9.17) is 10.5 Å². The molecule has 0 aliphatic carbocycles. The first-order chi connectivity index (χ1) is 18.7. The van der Waals surface area contributed by atoms with Crippen LogP contribution in [0.2, 0.25) is 0 Å². The van der Waals surface area contributed by atoms with Gasteiger partial charge in [0.25, 0.3) is 5.56 Å². The number of rotatable bonds is 4. The van der Waals surface area contributed by atoms with Crippen LogP contribution in [0, 0.1) is 12.7 Å². The predicted octanol–water partition coefficient (Wildman–Crippen LogP) is 2.54. The van der Waals surface area contributed by atoms with Crippen molar-refractivity contribution in [2.75, 3.05) is 5.73 Å². The maximum atomic E-state index is 14.5. The quantitative estimate of drug-likeness (QED) is 0.207. The average Bonchev–Trinajstić information content (AvgIpc) is 3.28. The highest BCUT2D eigenvalue weighted by Gasteiger charge is 2.34. The highest BCUT2D eigenvalue weighted by molar-refractivity contribution is 5.89. The third kappa shape index (κ3) is 4.16. The summed E-state index contributed by atoms with van der Waals surface area (Å²) in [7, 11) is 0. The number of aliphatic hydroxyl groups excluding tert-OH is 1. The van der Waals surface area contributed by atoms with Crippen molar-refractivity contribution in [1.82, 2.24) is 20.2 Å². The van der Waals surface area contributed by atoms with Crippen LogP contribution < -0.4 is 21.9 Å². The summed E-state index contributed by atoms with van der Waals surface area (Å²) < 4.78 is 21.0. The number of esters is 1. The summed E-state index contributed by atoms with van der Waals surface area (Å²) in [5.41, 5.74) is 10.2. The van der Waals surface area contributed by atoms with Crippen LogP contribution in [-0.2, 0) is 35.8 Å². The van der Waals surface area contributed by atoms with E-state index in [1.165, 1.54) is 10.6 Å². The van der Waals surface area contributed by atoms with Gasteiger partial charge in [0.15, 0.2) is 6.10 Å². The normalized spacial score (nSPS) is 15.4. The number of aromatic nitrogens is 2. The number of aryl methyl sites for hydroxylation is 1. The molecule has 1 atom stereocenters. The summed E-state index contributed by atoms with van der Waals surface area (Å²) in [4.78, 5) is 42.6. The maximum Gasteiger partial charge on any atom is 0.340 e. The van der Waals surface area contributed by atoms with Crippen molar-refractivity contribution in [2.24, 2.45) is 0 Å². The number of nitrogen functional groups attached to an aromatic ring is 1. The molecule has 0 saturated heterocycles. The third-order valence-corrected chi connectivity index (χ3v) is 7.21. The molecule has 0 fully saturated rings. The molecule has 2 aliphatic rings. The van der Waals surface area contributed by atoms with Gasteiger partial charge in [-0.1, -0.05) is 12.1 Å². The van der Waals surface area contributed by atoms with Gasteiger partial charge in [0, 0.05) is 41.4 Å². The second-order valence-corrected chi connectivity index (χ2v) is 9.68. The molecule has 2 aromatic heterocycles. The lowest BCUT2D eigenvalue weighted by Crippen LogP contribution is -2.35. The highest BCUT2D eigenvalue weighted by atomic mass is 19.1. The minimum absolute atomic E-state index is 0.0900. The second kappa shape index (κ2) is 9.21. The number of nitrogens with one attached hydrogen (secondary N) is 2. The van der Waals surface area contributed by atoms with Crippen LogP contribution in [-0.4, -0.2) is 26.7 Å². The van der Waals surface area contributed by atoms with Crippen molar-refractivity contribution in [1.29, 1.82) is 0 Å². The zero-order chi connectivity index (χ0) is 27.4. The number of carbonyl (C=O) groups is 2. The Morgan fingerprint density at radius 3 is 2.67 bits per heavy atom. The Balaban J connectivity index is 1.38. The van der Waals surface area contributed by atoms with Gasteiger partial charge in [0.2, 0.25) is 0 Å². The molecule has 0 bridgehead atoms. The molecule has 11 heteroatoms. The van der Waals surface area contributed by atoms with Gasteiger partial charge in [-0.15, -0.1) is 0 Å². The number of amides is 2. The fourth-order valence-electron chi connectivity index (χ4n) is 5.09. The highest BCUT2D eigenvalue weighted by Crippen LogP contribution is 2.38. The van der Waals surface area contributed by atoms with E-state index in [-0.39, 0.29) is 30.8 Å². The first-order valence-corrected chi connectivity index (χ1v) is 12.3. The molecule has 198 valence electrons. The summed E-state index contributed by atoms with van der Waals surface area (Å²) in [6.45, 7) is 1.95. The van der Waals surface area contributed by atoms with Gasteiger partial charge in [-0.05, 0) is 47.9 Å². The number of nitrogens with two attached hydrogens (primary N) is 1. The minimum atomic E-state index is -1.58.